The zero-order chi connectivity index (χ0) is 21.6. The quantitative estimate of drug-likeness (QED) is 0.273. The van der Waals surface area contributed by atoms with Crippen molar-refractivity contribution in [3.8, 4) is 0 Å². The smallest absolute Gasteiger partial charge is 0.295 e. The Balaban J connectivity index is 1.99. The minimum absolute atomic E-state index is 0.0763. The van der Waals surface area contributed by atoms with Crippen LogP contribution >= 0.6 is 11.9 Å². The molecule has 1 aromatic rings. The summed E-state index contributed by atoms with van der Waals surface area (Å²) in [6, 6.07) is 2.54. The van der Waals surface area contributed by atoms with Crippen molar-refractivity contribution >= 4 is 29.5 Å². The first kappa shape index (κ1) is 22.6. The van der Waals surface area contributed by atoms with Gasteiger partial charge in [-0.15, -0.1) is 0 Å². The molecule has 0 saturated heterocycles. The number of nitrogens with one attached hydrogen (secondary N) is 3. The molecule has 10 heteroatoms. The van der Waals surface area contributed by atoms with Gasteiger partial charge in [-0.3, -0.25) is 14.3 Å². The summed E-state index contributed by atoms with van der Waals surface area (Å²) in [5.41, 5.74) is -2.57. The average Bonchev–Trinajstić information content (AvgIpc) is 3.14. The lowest BCUT2D eigenvalue weighted by Gasteiger charge is -2.24. The molecule has 0 aromatic heterocycles. The Bertz CT molecular complexity index is 842. The van der Waals surface area contributed by atoms with Crippen molar-refractivity contribution in [3.63, 3.8) is 0 Å². The maximum Gasteiger partial charge on any atom is 0.295 e. The molecule has 0 saturated carbocycles. The molecule has 0 radical (unpaired) electrons. The molecule has 4 N–H and O–H groups in total. The first-order valence-corrected chi connectivity index (χ1v) is 9.77. The van der Waals surface area contributed by atoms with E-state index < -0.39 is 29.6 Å². The molecule has 1 aromatic carbocycles. The van der Waals surface area contributed by atoms with Gasteiger partial charge in [0.1, 0.15) is 11.6 Å². The maximum absolute atomic E-state index is 13.3. The summed E-state index contributed by atoms with van der Waals surface area (Å²) < 4.78 is 34.5. The van der Waals surface area contributed by atoms with Crippen LogP contribution in [0.2, 0.25) is 0 Å². The van der Waals surface area contributed by atoms with Crippen LogP contribution in [0.5, 0.6) is 0 Å². The monoisotopic (exact) mass is 425 g/mol. The number of ether oxygens (including phenoxy) is 1. The first-order valence-electron chi connectivity index (χ1n) is 8.54. The van der Waals surface area contributed by atoms with Crippen LogP contribution in [-0.2, 0) is 14.3 Å². The fraction of sp³-hybridized carbons (Fsp3) is 0.316. The number of carbonyl (C=O) groups excluding carboxylic acids is 2. The van der Waals surface area contributed by atoms with Crippen molar-refractivity contribution < 1.29 is 28.2 Å². The number of halogens is 2. The van der Waals surface area contributed by atoms with Crippen LogP contribution in [-0.4, -0.2) is 47.6 Å². The summed E-state index contributed by atoms with van der Waals surface area (Å²) in [5.74, 6) is -3.09. The van der Waals surface area contributed by atoms with Gasteiger partial charge in [-0.2, -0.15) is 0 Å². The molecule has 0 aliphatic carbocycles. The molecule has 2 amide bonds. The summed E-state index contributed by atoms with van der Waals surface area (Å²) in [5, 5.41) is 21.1. The highest BCUT2D eigenvalue weighted by molar-refractivity contribution is 7.97. The van der Waals surface area contributed by atoms with Crippen LogP contribution < -0.4 is 10.0 Å². The lowest BCUT2D eigenvalue weighted by atomic mass is 9.92. The number of benzene rings is 1. The van der Waals surface area contributed by atoms with Crippen molar-refractivity contribution in [2.24, 2.45) is 5.92 Å². The molecule has 2 rings (SSSR count). The molecule has 0 fully saturated rings. The van der Waals surface area contributed by atoms with Crippen molar-refractivity contribution in [3.05, 3.63) is 59.9 Å². The second-order valence-electron chi connectivity index (χ2n) is 6.39. The lowest BCUT2D eigenvalue weighted by Crippen LogP contribution is -2.48. The van der Waals surface area contributed by atoms with Gasteiger partial charge in [0.05, 0.1) is 6.61 Å². The summed E-state index contributed by atoms with van der Waals surface area (Å²) in [7, 11) is 0. The van der Waals surface area contributed by atoms with E-state index in [9.17, 15) is 23.5 Å². The average molecular weight is 425 g/mol. The summed E-state index contributed by atoms with van der Waals surface area (Å²) >= 11 is 1.13. The molecule has 1 aliphatic rings. The normalized spacial score (nSPS) is 17.5. The molecule has 29 heavy (non-hydrogen) atoms. The van der Waals surface area contributed by atoms with Crippen LogP contribution in [0.1, 0.15) is 12.0 Å². The Labute approximate surface area is 170 Å². The molecule has 156 valence electrons. The first-order chi connectivity index (χ1) is 13.7. The minimum Gasteiger partial charge on any atom is -0.487 e. The molecule has 7 nitrogen and oxygen atoms in total. The number of amides is 2. The Morgan fingerprint density at radius 1 is 1.41 bits per heavy atom. The molecular weight excluding hydrogens is 404 g/mol. The molecule has 2 atom stereocenters. The van der Waals surface area contributed by atoms with E-state index in [1.807, 2.05) is 0 Å². The molecule has 1 heterocycles. The maximum atomic E-state index is 13.3. The number of rotatable bonds is 9. The predicted molar refractivity (Wildman–Crippen MR) is 105 cm³/mol. The summed E-state index contributed by atoms with van der Waals surface area (Å²) in [6.45, 7) is 3.68. The van der Waals surface area contributed by atoms with Gasteiger partial charge in [-0.05, 0) is 18.2 Å². The van der Waals surface area contributed by atoms with Crippen LogP contribution in [0.25, 0.3) is 0 Å². The van der Waals surface area contributed by atoms with Crippen LogP contribution in [0, 0.1) is 23.0 Å². The van der Waals surface area contributed by atoms with E-state index in [2.05, 4.69) is 16.6 Å². The molecule has 0 bridgehead atoms. The fourth-order valence-corrected chi connectivity index (χ4v) is 2.92. The van der Waals surface area contributed by atoms with E-state index in [1.54, 1.807) is 12.3 Å². The predicted octanol–water partition coefficient (Wildman–Crippen LogP) is 1.68. The summed E-state index contributed by atoms with van der Waals surface area (Å²) in [6.07, 6.45) is 3.70. The van der Waals surface area contributed by atoms with Gasteiger partial charge in [-0.25, -0.2) is 8.78 Å². The Morgan fingerprint density at radius 3 is 2.66 bits per heavy atom. The van der Waals surface area contributed by atoms with E-state index in [4.69, 9.17) is 10.1 Å². The largest absolute Gasteiger partial charge is 0.487 e. The highest BCUT2D eigenvalue weighted by Gasteiger charge is 2.35. The minimum atomic E-state index is -2.15. The second-order valence-corrected chi connectivity index (χ2v) is 7.00. The Kier molecular flexibility index (Phi) is 7.52. The van der Waals surface area contributed by atoms with Gasteiger partial charge >= 0.3 is 0 Å². The van der Waals surface area contributed by atoms with Gasteiger partial charge in [-0.1, -0.05) is 24.6 Å². The molecule has 1 unspecified atom stereocenters. The fourth-order valence-electron chi connectivity index (χ4n) is 2.63. The zero-order valence-electron chi connectivity index (χ0n) is 15.6. The Morgan fingerprint density at radius 2 is 2.07 bits per heavy atom. The topological polar surface area (TPSA) is 112 Å². The van der Waals surface area contributed by atoms with Gasteiger partial charge in [0, 0.05) is 42.5 Å². The van der Waals surface area contributed by atoms with Gasteiger partial charge in [0.25, 0.3) is 11.8 Å². The lowest BCUT2D eigenvalue weighted by molar-refractivity contribution is -0.134. The standard InChI is InChI=1S/C19H21F2N3O4S/c1-3-19(27,8-15(22)12-5-13(20)7-14(21)6-12)18(26)23-9-11-4-16(28-10-11)17(25)24-29-2/h3-7,11,22,27H,1,8-10H2,2H3,(H,23,26)(H,24,25)/t11-,19?/m0/s1. The third-order valence-corrected chi connectivity index (χ3v) is 4.56. The third kappa shape index (κ3) is 5.88. The molecule has 1 aliphatic heterocycles. The third-order valence-electron chi connectivity index (χ3n) is 4.17. The van der Waals surface area contributed by atoms with E-state index in [0.717, 1.165) is 30.2 Å². The van der Waals surface area contributed by atoms with E-state index in [0.29, 0.717) is 6.07 Å². The Hall–Kier alpha value is -2.72. The van der Waals surface area contributed by atoms with E-state index in [1.165, 1.54) is 0 Å². The molecule has 0 spiro atoms. The number of hydrogen-bond donors (Lipinski definition) is 4. The number of carbonyl (C=O) groups is 2. The molecular formula is C19H21F2N3O4S. The number of aliphatic hydroxyl groups is 1. The van der Waals surface area contributed by atoms with Crippen molar-refractivity contribution in [2.45, 2.75) is 12.0 Å². The van der Waals surface area contributed by atoms with Crippen LogP contribution in [0.15, 0.2) is 42.7 Å². The highest BCUT2D eigenvalue weighted by atomic mass is 32.2. The highest BCUT2D eigenvalue weighted by Crippen LogP contribution is 2.20. The van der Waals surface area contributed by atoms with E-state index in [-0.39, 0.29) is 42.0 Å². The van der Waals surface area contributed by atoms with Crippen molar-refractivity contribution in [1.82, 2.24) is 10.0 Å². The SMILES string of the molecule is C=CC(O)(CC(=N)c1cc(F)cc(F)c1)C(=O)NC[C@@H]1C=C(C(=O)NSC)OC1. The second kappa shape index (κ2) is 9.66. The van der Waals surface area contributed by atoms with Gasteiger partial charge in [0.15, 0.2) is 11.4 Å². The number of hydrogen-bond acceptors (Lipinski definition) is 6. The summed E-state index contributed by atoms with van der Waals surface area (Å²) in [4.78, 5) is 24.1. The van der Waals surface area contributed by atoms with Gasteiger partial charge < -0.3 is 20.6 Å². The van der Waals surface area contributed by atoms with E-state index >= 15 is 0 Å². The van der Waals surface area contributed by atoms with Gasteiger partial charge in [0.2, 0.25) is 0 Å². The van der Waals surface area contributed by atoms with Crippen LogP contribution in [0.3, 0.4) is 0 Å². The van der Waals surface area contributed by atoms with Crippen molar-refractivity contribution in [2.75, 3.05) is 19.4 Å². The van der Waals surface area contributed by atoms with Crippen LogP contribution in [0.4, 0.5) is 8.78 Å². The van der Waals surface area contributed by atoms with Crippen molar-refractivity contribution in [1.29, 1.82) is 5.41 Å². The zero-order valence-corrected chi connectivity index (χ0v) is 16.4.